The van der Waals surface area contributed by atoms with Crippen molar-refractivity contribution < 1.29 is 19.5 Å². The molecule has 0 spiro atoms. The standard InChI is InChI=1S/C20H25N3O4/c24-17-9-16(6-7-21-17)19(26)23-11-20(27,12-23)10-22-18(25)15-3-1-2-14(8-15)13-4-5-13/h1-3,8,13,16,27H,4-7,9-12H2,(H,21,24)(H,22,25). The average Bonchev–Trinajstić information content (AvgIpc) is 3.48. The number of nitrogens with one attached hydrogen (secondary N) is 2. The minimum Gasteiger partial charge on any atom is -0.384 e. The van der Waals surface area contributed by atoms with Crippen molar-refractivity contribution in [3.8, 4) is 0 Å². The third-order valence-corrected chi connectivity index (χ3v) is 5.65. The van der Waals surface area contributed by atoms with Crippen LogP contribution in [0.4, 0.5) is 0 Å². The zero-order valence-electron chi connectivity index (χ0n) is 15.2. The van der Waals surface area contributed by atoms with Gasteiger partial charge in [-0.3, -0.25) is 14.4 Å². The van der Waals surface area contributed by atoms with Crippen molar-refractivity contribution in [2.45, 2.75) is 37.2 Å². The lowest BCUT2D eigenvalue weighted by atomic mass is 9.89. The molecule has 0 bridgehead atoms. The van der Waals surface area contributed by atoms with E-state index in [0.29, 0.717) is 24.4 Å². The fourth-order valence-corrected chi connectivity index (χ4v) is 3.88. The molecule has 7 nitrogen and oxygen atoms in total. The molecule has 3 amide bonds. The number of amides is 3. The molecule has 1 atom stereocenters. The smallest absolute Gasteiger partial charge is 0.251 e. The van der Waals surface area contributed by atoms with Crippen molar-refractivity contribution in [1.29, 1.82) is 0 Å². The molecule has 1 aliphatic carbocycles. The van der Waals surface area contributed by atoms with Gasteiger partial charge in [-0.2, -0.15) is 0 Å². The Morgan fingerprint density at radius 2 is 2.04 bits per heavy atom. The molecule has 3 aliphatic rings. The molecule has 2 heterocycles. The maximum atomic E-state index is 12.4. The molecule has 3 N–H and O–H groups in total. The number of aliphatic hydroxyl groups is 1. The van der Waals surface area contributed by atoms with Crippen LogP contribution < -0.4 is 10.6 Å². The van der Waals surface area contributed by atoms with Gasteiger partial charge in [0.2, 0.25) is 11.8 Å². The largest absolute Gasteiger partial charge is 0.384 e. The van der Waals surface area contributed by atoms with Crippen molar-refractivity contribution in [2.75, 3.05) is 26.2 Å². The van der Waals surface area contributed by atoms with Crippen molar-refractivity contribution in [3.05, 3.63) is 35.4 Å². The Bertz CT molecular complexity index is 768. The Morgan fingerprint density at radius 1 is 1.26 bits per heavy atom. The molecule has 7 heteroatoms. The van der Waals surface area contributed by atoms with Crippen molar-refractivity contribution in [2.24, 2.45) is 5.92 Å². The van der Waals surface area contributed by atoms with Gasteiger partial charge >= 0.3 is 0 Å². The quantitative estimate of drug-likeness (QED) is 0.697. The van der Waals surface area contributed by atoms with Gasteiger partial charge in [0.25, 0.3) is 5.91 Å². The highest BCUT2D eigenvalue weighted by Gasteiger charge is 2.45. The molecule has 1 unspecified atom stereocenters. The summed E-state index contributed by atoms with van der Waals surface area (Å²) in [6, 6.07) is 7.63. The van der Waals surface area contributed by atoms with Crippen LogP contribution >= 0.6 is 0 Å². The van der Waals surface area contributed by atoms with Gasteiger partial charge in [0.05, 0.1) is 19.6 Å². The molecule has 1 aromatic rings. The van der Waals surface area contributed by atoms with Gasteiger partial charge < -0.3 is 20.6 Å². The third kappa shape index (κ3) is 3.98. The number of carbonyl (C=O) groups excluding carboxylic acids is 3. The summed E-state index contributed by atoms with van der Waals surface area (Å²) in [6.07, 6.45) is 3.20. The van der Waals surface area contributed by atoms with Gasteiger partial charge in [-0.15, -0.1) is 0 Å². The number of hydrogen-bond acceptors (Lipinski definition) is 4. The average molecular weight is 371 g/mol. The molecule has 27 heavy (non-hydrogen) atoms. The predicted molar refractivity (Wildman–Crippen MR) is 98.0 cm³/mol. The van der Waals surface area contributed by atoms with Crippen molar-refractivity contribution >= 4 is 17.7 Å². The second-order valence-electron chi connectivity index (χ2n) is 8.04. The van der Waals surface area contributed by atoms with E-state index in [9.17, 15) is 19.5 Å². The highest BCUT2D eigenvalue weighted by atomic mass is 16.3. The summed E-state index contributed by atoms with van der Waals surface area (Å²) in [5, 5.41) is 16.0. The molecular formula is C20H25N3O4. The molecular weight excluding hydrogens is 346 g/mol. The molecule has 3 fully saturated rings. The monoisotopic (exact) mass is 371 g/mol. The second kappa shape index (κ2) is 6.96. The summed E-state index contributed by atoms with van der Waals surface area (Å²) in [4.78, 5) is 37.8. The van der Waals surface area contributed by atoms with Crippen LogP contribution in [0.25, 0.3) is 0 Å². The lowest BCUT2D eigenvalue weighted by Crippen LogP contribution is -2.68. The van der Waals surface area contributed by atoms with Crippen LogP contribution in [-0.2, 0) is 9.59 Å². The van der Waals surface area contributed by atoms with E-state index in [1.807, 2.05) is 18.2 Å². The lowest BCUT2D eigenvalue weighted by molar-refractivity contribution is -0.160. The molecule has 0 radical (unpaired) electrons. The van der Waals surface area contributed by atoms with Gasteiger partial charge in [-0.05, 0) is 42.9 Å². The number of β-amino-alcohol motifs (C(OH)–C–C–N with tert-alkyl or cyclic N) is 1. The van der Waals surface area contributed by atoms with E-state index < -0.39 is 5.60 Å². The Hall–Kier alpha value is -2.41. The molecule has 1 saturated carbocycles. The van der Waals surface area contributed by atoms with Gasteiger partial charge in [0, 0.05) is 24.4 Å². The van der Waals surface area contributed by atoms with Crippen LogP contribution in [0, 0.1) is 5.92 Å². The summed E-state index contributed by atoms with van der Waals surface area (Å²) < 4.78 is 0. The highest BCUT2D eigenvalue weighted by Crippen LogP contribution is 2.40. The third-order valence-electron chi connectivity index (χ3n) is 5.65. The number of nitrogens with zero attached hydrogens (tertiary/aromatic N) is 1. The van der Waals surface area contributed by atoms with E-state index in [1.165, 1.54) is 18.4 Å². The normalized spacial score (nSPS) is 24.0. The van der Waals surface area contributed by atoms with E-state index in [-0.39, 0.29) is 49.7 Å². The van der Waals surface area contributed by atoms with Crippen LogP contribution in [-0.4, -0.2) is 59.5 Å². The first-order valence-corrected chi connectivity index (χ1v) is 9.60. The Kier molecular flexibility index (Phi) is 4.63. The number of piperidine rings is 1. The molecule has 144 valence electrons. The maximum Gasteiger partial charge on any atom is 0.251 e. The zero-order chi connectivity index (χ0) is 19.0. The zero-order valence-corrected chi connectivity index (χ0v) is 15.2. The van der Waals surface area contributed by atoms with Crippen molar-refractivity contribution in [3.63, 3.8) is 0 Å². The number of likely N-dealkylation sites (tertiary alicyclic amines) is 1. The molecule has 2 saturated heterocycles. The number of hydrogen-bond donors (Lipinski definition) is 3. The fraction of sp³-hybridized carbons (Fsp3) is 0.550. The van der Waals surface area contributed by atoms with E-state index in [0.717, 1.165) is 0 Å². The molecule has 2 aliphatic heterocycles. The lowest BCUT2D eigenvalue weighted by Gasteiger charge is -2.47. The first kappa shape index (κ1) is 18.0. The van der Waals surface area contributed by atoms with E-state index in [2.05, 4.69) is 10.6 Å². The first-order chi connectivity index (χ1) is 12.9. The summed E-state index contributed by atoms with van der Waals surface area (Å²) in [5.41, 5.74) is 0.692. The van der Waals surface area contributed by atoms with Crippen LogP contribution in [0.5, 0.6) is 0 Å². The molecule has 0 aromatic heterocycles. The minimum absolute atomic E-state index is 0.0852. The highest BCUT2D eigenvalue weighted by molar-refractivity contribution is 5.94. The maximum absolute atomic E-state index is 12.4. The van der Waals surface area contributed by atoms with E-state index in [1.54, 1.807) is 11.0 Å². The Balaban J connectivity index is 1.27. The molecule has 4 rings (SSSR count). The summed E-state index contributed by atoms with van der Waals surface area (Å²) in [6.45, 7) is 0.996. The molecule has 1 aromatic carbocycles. The van der Waals surface area contributed by atoms with Gasteiger partial charge in [0.1, 0.15) is 5.60 Å². The van der Waals surface area contributed by atoms with Crippen LogP contribution in [0.1, 0.15) is 47.5 Å². The first-order valence-electron chi connectivity index (χ1n) is 9.60. The Labute approximate surface area is 158 Å². The summed E-state index contributed by atoms with van der Waals surface area (Å²) >= 11 is 0. The van der Waals surface area contributed by atoms with Gasteiger partial charge in [-0.25, -0.2) is 0 Å². The van der Waals surface area contributed by atoms with Gasteiger partial charge in [0.15, 0.2) is 0 Å². The van der Waals surface area contributed by atoms with Crippen LogP contribution in [0.15, 0.2) is 24.3 Å². The fourth-order valence-electron chi connectivity index (χ4n) is 3.88. The number of benzene rings is 1. The summed E-state index contributed by atoms with van der Waals surface area (Å²) in [5.74, 6) is -0.119. The summed E-state index contributed by atoms with van der Waals surface area (Å²) in [7, 11) is 0. The van der Waals surface area contributed by atoms with Gasteiger partial charge in [-0.1, -0.05) is 12.1 Å². The topological polar surface area (TPSA) is 98.7 Å². The number of rotatable bonds is 5. The SMILES string of the molecule is O=C1CC(C(=O)N2CC(O)(CNC(=O)c3cccc(C4CC4)c3)C2)CCN1. The van der Waals surface area contributed by atoms with Crippen molar-refractivity contribution in [1.82, 2.24) is 15.5 Å². The van der Waals surface area contributed by atoms with E-state index in [4.69, 9.17) is 0 Å². The van der Waals surface area contributed by atoms with E-state index >= 15 is 0 Å². The predicted octanol–water partition coefficient (Wildman–Crippen LogP) is 0.393. The number of carbonyl (C=O) groups is 3. The Morgan fingerprint density at radius 3 is 2.74 bits per heavy atom. The van der Waals surface area contributed by atoms with Crippen LogP contribution in [0.3, 0.4) is 0 Å². The van der Waals surface area contributed by atoms with Crippen LogP contribution in [0.2, 0.25) is 0 Å². The minimum atomic E-state index is -1.10. The second-order valence-corrected chi connectivity index (χ2v) is 8.04.